The monoisotopic (exact) mass is 427 g/mol. The van der Waals surface area contributed by atoms with E-state index >= 15 is 0 Å². The highest BCUT2D eigenvalue weighted by molar-refractivity contribution is 6.44. The molecule has 7 N–H and O–H groups in total. The zero-order chi connectivity index (χ0) is 22.7. The van der Waals surface area contributed by atoms with Gasteiger partial charge in [0.1, 0.15) is 5.69 Å². The summed E-state index contributed by atoms with van der Waals surface area (Å²) in [5.74, 6) is 4.58. The summed E-state index contributed by atoms with van der Waals surface area (Å²) in [7, 11) is 0. The number of fused-ring (bicyclic) bond motifs is 1. The summed E-state index contributed by atoms with van der Waals surface area (Å²) in [5, 5.41) is 45.6. The van der Waals surface area contributed by atoms with Gasteiger partial charge in [-0.05, 0) is 37.1 Å². The van der Waals surface area contributed by atoms with E-state index in [1.54, 1.807) is 12.1 Å². The Balaban J connectivity index is 1.99. The van der Waals surface area contributed by atoms with Crippen LogP contribution in [0.3, 0.4) is 0 Å². The Bertz CT molecular complexity index is 1150. The fourth-order valence-corrected chi connectivity index (χ4v) is 3.02. The second kappa shape index (κ2) is 9.09. The highest BCUT2D eigenvalue weighted by Crippen LogP contribution is 2.20. The molecule has 0 saturated heterocycles. The predicted octanol–water partition coefficient (Wildman–Crippen LogP) is -0.584. The molecule has 0 aliphatic rings. The molecule has 12 heteroatoms. The summed E-state index contributed by atoms with van der Waals surface area (Å²) in [4.78, 5) is 21.2. The summed E-state index contributed by atoms with van der Waals surface area (Å²) in [6.45, 7) is 3.69. The van der Waals surface area contributed by atoms with Crippen LogP contribution in [-0.2, 0) is 4.79 Å². The molecule has 1 heterocycles. The van der Waals surface area contributed by atoms with Crippen LogP contribution in [0.2, 0.25) is 0 Å². The maximum Gasteiger partial charge on any atom is 0.278 e. The lowest BCUT2D eigenvalue weighted by Gasteiger charge is -2.24. The number of carbonyl (C=O) groups is 1. The van der Waals surface area contributed by atoms with Crippen LogP contribution in [-0.4, -0.2) is 32.0 Å². The number of hydrogen-bond donors (Lipinski definition) is 6. The molecule has 0 saturated carbocycles. The van der Waals surface area contributed by atoms with E-state index in [-0.39, 0.29) is 16.9 Å². The molecular weight excluding hydrogens is 406 g/mol. The molecule has 0 radical (unpaired) electrons. The second-order valence-corrected chi connectivity index (χ2v) is 6.79. The van der Waals surface area contributed by atoms with Crippen molar-refractivity contribution in [3.63, 3.8) is 0 Å². The summed E-state index contributed by atoms with van der Waals surface area (Å²) < 4.78 is 0. The van der Waals surface area contributed by atoms with Gasteiger partial charge in [-0.2, -0.15) is 10.3 Å². The molecular formula is C19H21N7O5. The van der Waals surface area contributed by atoms with Crippen molar-refractivity contribution in [3.05, 3.63) is 69.8 Å². The van der Waals surface area contributed by atoms with E-state index < -0.39 is 28.1 Å². The van der Waals surface area contributed by atoms with Gasteiger partial charge in [-0.3, -0.25) is 9.78 Å². The van der Waals surface area contributed by atoms with E-state index in [9.17, 15) is 20.4 Å². The lowest BCUT2D eigenvalue weighted by molar-refractivity contribution is -1.06. The number of amides is 1. The Morgan fingerprint density at radius 2 is 1.94 bits per heavy atom. The minimum atomic E-state index is -1.61. The van der Waals surface area contributed by atoms with Crippen LogP contribution in [0.4, 0.5) is 11.4 Å². The highest BCUT2D eigenvalue weighted by Gasteiger charge is 2.33. The lowest BCUT2D eigenvalue weighted by Crippen LogP contribution is -3.06. The number of hydrazone groups is 1. The Morgan fingerprint density at radius 1 is 1.19 bits per heavy atom. The SMILES string of the molecule is Cc1cccc(NC(=O)/C(=N/N)C(c2cnc3ccc([NH+]([O-])O)cc3n2)[NH+]([O-])O)c1C. The van der Waals surface area contributed by atoms with Crippen molar-refractivity contribution in [1.29, 1.82) is 0 Å². The molecule has 0 spiro atoms. The number of rotatable bonds is 6. The molecule has 0 aliphatic carbocycles. The number of hydroxylamine groups is 2. The van der Waals surface area contributed by atoms with Crippen molar-refractivity contribution in [2.24, 2.45) is 10.9 Å². The second-order valence-electron chi connectivity index (χ2n) is 6.79. The van der Waals surface area contributed by atoms with E-state index in [2.05, 4.69) is 20.4 Å². The molecule has 12 nitrogen and oxygen atoms in total. The van der Waals surface area contributed by atoms with Gasteiger partial charge >= 0.3 is 0 Å². The molecule has 0 bridgehead atoms. The number of benzene rings is 2. The standard InChI is InChI=1S/C19H21N7O5/c1-10-4-3-5-13(11(10)2)23-19(27)17(24-20)18(26(30)31)16-9-21-14-7-6-12(25(28)29)8-15(14)22-16/h3-9,18,25-26,28,30H,20H2,1-2H3,(H,23,27)/b24-17+. The first kappa shape index (κ1) is 22.2. The van der Waals surface area contributed by atoms with Gasteiger partial charge in [-0.1, -0.05) is 12.1 Å². The number of aromatic nitrogens is 2. The van der Waals surface area contributed by atoms with Gasteiger partial charge in [0.15, 0.2) is 11.4 Å². The zero-order valence-corrected chi connectivity index (χ0v) is 16.7. The molecule has 162 valence electrons. The summed E-state index contributed by atoms with van der Waals surface area (Å²) in [5.41, 5.74) is 2.15. The molecule has 0 aliphatic heterocycles. The largest absolute Gasteiger partial charge is 0.599 e. The quantitative estimate of drug-likeness (QED) is 0.171. The van der Waals surface area contributed by atoms with Crippen LogP contribution in [0.15, 0.2) is 47.7 Å². The Hall–Kier alpha value is -3.52. The van der Waals surface area contributed by atoms with Crippen LogP contribution < -0.4 is 21.6 Å². The number of anilines is 1. The third kappa shape index (κ3) is 4.64. The van der Waals surface area contributed by atoms with Crippen LogP contribution >= 0.6 is 0 Å². The summed E-state index contributed by atoms with van der Waals surface area (Å²) in [6.07, 6.45) is 1.19. The van der Waals surface area contributed by atoms with Crippen molar-refractivity contribution in [2.45, 2.75) is 19.9 Å². The van der Waals surface area contributed by atoms with E-state index in [1.807, 2.05) is 19.9 Å². The van der Waals surface area contributed by atoms with Gasteiger partial charge in [0, 0.05) is 17.8 Å². The van der Waals surface area contributed by atoms with Gasteiger partial charge < -0.3 is 21.6 Å². The normalized spacial score (nSPS) is 14.8. The van der Waals surface area contributed by atoms with Crippen molar-refractivity contribution in [1.82, 2.24) is 9.97 Å². The van der Waals surface area contributed by atoms with E-state index in [0.717, 1.165) is 11.1 Å². The maximum absolute atomic E-state index is 12.8. The molecule has 1 amide bonds. The van der Waals surface area contributed by atoms with Gasteiger partial charge in [-0.25, -0.2) is 20.6 Å². The molecule has 3 atom stereocenters. The van der Waals surface area contributed by atoms with E-state index in [1.165, 1.54) is 24.4 Å². The number of nitrogens with zero attached hydrogens (tertiary/aromatic N) is 3. The molecule has 31 heavy (non-hydrogen) atoms. The zero-order valence-electron chi connectivity index (χ0n) is 16.7. The maximum atomic E-state index is 12.8. The first-order chi connectivity index (χ1) is 14.7. The molecule has 3 unspecified atom stereocenters. The van der Waals surface area contributed by atoms with E-state index in [4.69, 9.17) is 11.0 Å². The fourth-order valence-electron chi connectivity index (χ4n) is 3.02. The first-order valence-corrected chi connectivity index (χ1v) is 9.11. The van der Waals surface area contributed by atoms with Crippen molar-refractivity contribution < 1.29 is 25.7 Å². The third-order valence-electron chi connectivity index (χ3n) is 4.85. The average molecular weight is 427 g/mol. The molecule has 2 aromatic carbocycles. The third-order valence-corrected chi connectivity index (χ3v) is 4.85. The smallest absolute Gasteiger partial charge is 0.278 e. The van der Waals surface area contributed by atoms with Crippen molar-refractivity contribution in [3.8, 4) is 0 Å². The van der Waals surface area contributed by atoms with Gasteiger partial charge in [0.05, 0.1) is 17.2 Å². The van der Waals surface area contributed by atoms with E-state index in [0.29, 0.717) is 11.2 Å². The number of quaternary nitrogens is 2. The summed E-state index contributed by atoms with van der Waals surface area (Å²) in [6, 6.07) is 7.77. The fraction of sp³-hybridized carbons (Fsp3) is 0.158. The number of nitrogens with one attached hydrogen (secondary N) is 3. The minimum Gasteiger partial charge on any atom is -0.599 e. The molecule has 3 aromatic rings. The molecule has 0 fully saturated rings. The van der Waals surface area contributed by atoms with Crippen LogP contribution in [0.25, 0.3) is 11.0 Å². The Morgan fingerprint density at radius 3 is 2.58 bits per heavy atom. The topological polar surface area (TPSA) is 189 Å². The van der Waals surface area contributed by atoms with Gasteiger partial charge in [0.2, 0.25) is 6.04 Å². The number of hydrogen-bond acceptors (Lipinski definition) is 9. The molecule has 3 rings (SSSR count). The Kier molecular flexibility index (Phi) is 6.50. The van der Waals surface area contributed by atoms with Crippen LogP contribution in [0, 0.1) is 24.3 Å². The van der Waals surface area contributed by atoms with Gasteiger partial charge in [-0.15, -0.1) is 0 Å². The number of aryl methyl sites for hydroxylation is 1. The summed E-state index contributed by atoms with van der Waals surface area (Å²) >= 11 is 0. The lowest BCUT2D eigenvalue weighted by atomic mass is 10.1. The van der Waals surface area contributed by atoms with Crippen molar-refractivity contribution in [2.75, 3.05) is 5.32 Å². The minimum absolute atomic E-state index is 0.0359. The van der Waals surface area contributed by atoms with Crippen LogP contribution in [0.1, 0.15) is 22.9 Å². The Labute approximate surface area is 176 Å². The average Bonchev–Trinajstić information content (AvgIpc) is 2.73. The van der Waals surface area contributed by atoms with Crippen LogP contribution in [0.5, 0.6) is 0 Å². The number of carbonyl (C=O) groups excluding carboxylic acids is 1. The predicted molar refractivity (Wildman–Crippen MR) is 110 cm³/mol. The highest BCUT2D eigenvalue weighted by atomic mass is 16.8. The number of nitrogens with two attached hydrogens (primary N) is 1. The first-order valence-electron chi connectivity index (χ1n) is 9.11. The molecule has 1 aromatic heterocycles. The van der Waals surface area contributed by atoms with Crippen molar-refractivity contribution >= 4 is 34.0 Å². The van der Waals surface area contributed by atoms with Gasteiger partial charge in [0.25, 0.3) is 5.91 Å².